The van der Waals surface area contributed by atoms with E-state index in [9.17, 15) is 4.79 Å². The Bertz CT molecular complexity index is 472. The van der Waals surface area contributed by atoms with Crippen LogP contribution >= 0.6 is 0 Å². The van der Waals surface area contributed by atoms with Crippen molar-refractivity contribution in [2.75, 3.05) is 37.8 Å². The van der Waals surface area contributed by atoms with Crippen molar-refractivity contribution in [2.24, 2.45) is 0 Å². The van der Waals surface area contributed by atoms with Crippen LogP contribution < -0.4 is 11.1 Å². The predicted octanol–water partition coefficient (Wildman–Crippen LogP) is 1.95. The first-order chi connectivity index (χ1) is 9.61. The summed E-state index contributed by atoms with van der Waals surface area (Å²) in [5.41, 5.74) is 7.59. The highest BCUT2D eigenvalue weighted by Gasteiger charge is 2.25. The minimum absolute atomic E-state index is 0.335. The fourth-order valence-electron chi connectivity index (χ4n) is 2.16. The Labute approximate surface area is 120 Å². The van der Waals surface area contributed by atoms with Crippen LogP contribution in [0.25, 0.3) is 0 Å². The summed E-state index contributed by atoms with van der Waals surface area (Å²) in [6, 6.07) is 6.02. The van der Waals surface area contributed by atoms with Crippen molar-refractivity contribution >= 4 is 17.3 Å². The largest absolute Gasteiger partial charge is 0.462 e. The lowest BCUT2D eigenvalue weighted by molar-refractivity contribution is 0.0527. The molecule has 1 saturated carbocycles. The fraction of sp³-hybridized carbons (Fsp3) is 0.533. The van der Waals surface area contributed by atoms with E-state index in [0.717, 1.165) is 24.8 Å². The number of carbonyl (C=O) groups is 1. The molecule has 0 atom stereocenters. The Morgan fingerprint density at radius 2 is 2.25 bits per heavy atom. The quantitative estimate of drug-likeness (QED) is 0.589. The van der Waals surface area contributed by atoms with E-state index in [1.54, 1.807) is 19.1 Å². The molecule has 110 valence electrons. The van der Waals surface area contributed by atoms with E-state index < -0.39 is 0 Å². The van der Waals surface area contributed by atoms with Crippen LogP contribution in [-0.4, -0.2) is 43.7 Å². The predicted molar refractivity (Wildman–Crippen MR) is 81.0 cm³/mol. The molecule has 0 radical (unpaired) electrons. The van der Waals surface area contributed by atoms with Gasteiger partial charge in [-0.3, -0.25) is 0 Å². The Morgan fingerprint density at radius 1 is 1.50 bits per heavy atom. The van der Waals surface area contributed by atoms with Crippen LogP contribution in [0.1, 0.15) is 30.1 Å². The highest BCUT2D eigenvalue weighted by molar-refractivity contribution is 5.96. The second-order valence-corrected chi connectivity index (χ2v) is 5.16. The third-order valence-electron chi connectivity index (χ3n) is 3.49. The molecule has 0 amide bonds. The smallest absolute Gasteiger partial charge is 0.340 e. The molecule has 0 spiro atoms. The standard InChI is InChI=1S/C15H23N3O2/c1-3-20-15(19)13-10-11(16)4-7-14(13)17-8-9-18(2)12-5-6-12/h4,7,10,12,17H,3,5-6,8-9,16H2,1-2H3. The minimum atomic E-state index is -0.335. The second kappa shape index (κ2) is 6.61. The monoisotopic (exact) mass is 277 g/mol. The number of hydrogen-bond acceptors (Lipinski definition) is 5. The Kier molecular flexibility index (Phi) is 4.84. The molecule has 5 nitrogen and oxygen atoms in total. The molecule has 1 aromatic rings. The van der Waals surface area contributed by atoms with Crippen molar-refractivity contribution in [3.63, 3.8) is 0 Å². The van der Waals surface area contributed by atoms with Crippen LogP contribution in [0.5, 0.6) is 0 Å². The van der Waals surface area contributed by atoms with Gasteiger partial charge in [0.1, 0.15) is 0 Å². The number of nitrogen functional groups attached to an aromatic ring is 1. The van der Waals surface area contributed by atoms with Gasteiger partial charge in [-0.25, -0.2) is 4.79 Å². The maximum atomic E-state index is 11.9. The Hall–Kier alpha value is -1.75. The number of nitrogens with zero attached hydrogens (tertiary/aromatic N) is 1. The van der Waals surface area contributed by atoms with E-state index in [0.29, 0.717) is 17.9 Å². The summed E-state index contributed by atoms with van der Waals surface area (Å²) in [6.45, 7) is 3.90. The van der Waals surface area contributed by atoms with Gasteiger partial charge in [-0.1, -0.05) is 0 Å². The molecule has 3 N–H and O–H groups in total. The van der Waals surface area contributed by atoms with Crippen LogP contribution in [0.2, 0.25) is 0 Å². The van der Waals surface area contributed by atoms with Crippen molar-refractivity contribution < 1.29 is 9.53 Å². The van der Waals surface area contributed by atoms with Gasteiger partial charge in [0.25, 0.3) is 0 Å². The number of likely N-dealkylation sites (N-methyl/N-ethyl adjacent to an activating group) is 1. The van der Waals surface area contributed by atoms with Gasteiger partial charge >= 0.3 is 5.97 Å². The van der Waals surface area contributed by atoms with Crippen LogP contribution in [0, 0.1) is 0 Å². The van der Waals surface area contributed by atoms with Gasteiger partial charge in [0.05, 0.1) is 12.2 Å². The zero-order chi connectivity index (χ0) is 14.5. The molecule has 2 rings (SSSR count). The van der Waals surface area contributed by atoms with Crippen LogP contribution in [0.4, 0.5) is 11.4 Å². The van der Waals surface area contributed by atoms with Crippen molar-refractivity contribution in [1.29, 1.82) is 0 Å². The highest BCUT2D eigenvalue weighted by atomic mass is 16.5. The van der Waals surface area contributed by atoms with Crippen LogP contribution in [0.3, 0.4) is 0 Å². The number of ether oxygens (including phenoxy) is 1. The number of hydrogen-bond donors (Lipinski definition) is 2. The van der Waals surface area contributed by atoms with Crippen molar-refractivity contribution in [2.45, 2.75) is 25.8 Å². The summed E-state index contributed by atoms with van der Waals surface area (Å²) in [4.78, 5) is 14.2. The molecule has 0 aromatic heterocycles. The number of anilines is 2. The van der Waals surface area contributed by atoms with Gasteiger partial charge in [-0.15, -0.1) is 0 Å². The lowest BCUT2D eigenvalue weighted by Gasteiger charge is -2.17. The molecule has 1 fully saturated rings. The average molecular weight is 277 g/mol. The van der Waals surface area contributed by atoms with Gasteiger partial charge in [0.2, 0.25) is 0 Å². The third-order valence-corrected chi connectivity index (χ3v) is 3.49. The molecule has 0 bridgehead atoms. The van der Waals surface area contributed by atoms with E-state index in [-0.39, 0.29) is 5.97 Å². The SMILES string of the molecule is CCOC(=O)c1cc(N)ccc1NCCN(C)C1CC1. The van der Waals surface area contributed by atoms with Gasteiger partial charge in [-0.2, -0.15) is 0 Å². The average Bonchev–Trinajstić information content (AvgIpc) is 3.25. The summed E-state index contributed by atoms with van der Waals surface area (Å²) in [7, 11) is 2.13. The minimum Gasteiger partial charge on any atom is -0.462 e. The van der Waals surface area contributed by atoms with Gasteiger partial charge in [0, 0.05) is 30.5 Å². The van der Waals surface area contributed by atoms with Crippen LogP contribution in [0.15, 0.2) is 18.2 Å². The molecule has 0 aliphatic heterocycles. The zero-order valence-electron chi connectivity index (χ0n) is 12.2. The first-order valence-corrected chi connectivity index (χ1v) is 7.12. The highest BCUT2D eigenvalue weighted by Crippen LogP contribution is 2.25. The number of esters is 1. The molecule has 5 heteroatoms. The molecule has 0 saturated heterocycles. The maximum absolute atomic E-state index is 11.9. The topological polar surface area (TPSA) is 67.6 Å². The first-order valence-electron chi connectivity index (χ1n) is 7.12. The van der Waals surface area contributed by atoms with Crippen molar-refractivity contribution in [1.82, 2.24) is 4.90 Å². The van der Waals surface area contributed by atoms with Crippen LogP contribution in [-0.2, 0) is 4.74 Å². The number of rotatable bonds is 7. The lowest BCUT2D eigenvalue weighted by atomic mass is 10.1. The molecule has 1 aliphatic rings. The molecule has 1 aliphatic carbocycles. The lowest BCUT2D eigenvalue weighted by Crippen LogP contribution is -2.27. The summed E-state index contributed by atoms with van der Waals surface area (Å²) in [6.07, 6.45) is 2.60. The van der Waals surface area contributed by atoms with E-state index in [4.69, 9.17) is 10.5 Å². The van der Waals surface area contributed by atoms with Gasteiger partial charge < -0.3 is 20.7 Å². The number of nitrogens with two attached hydrogens (primary N) is 1. The van der Waals surface area contributed by atoms with Gasteiger partial charge in [0.15, 0.2) is 0 Å². The molecular weight excluding hydrogens is 254 g/mol. The molecule has 1 aromatic carbocycles. The van der Waals surface area contributed by atoms with E-state index in [1.807, 2.05) is 6.07 Å². The molecule has 20 heavy (non-hydrogen) atoms. The van der Waals surface area contributed by atoms with Crippen molar-refractivity contribution in [3.05, 3.63) is 23.8 Å². The third kappa shape index (κ3) is 3.87. The first kappa shape index (κ1) is 14.7. The fourth-order valence-corrected chi connectivity index (χ4v) is 2.16. The molecular formula is C15H23N3O2. The zero-order valence-corrected chi connectivity index (χ0v) is 12.2. The summed E-state index contributed by atoms with van der Waals surface area (Å²) in [5, 5.41) is 3.30. The number of nitrogens with one attached hydrogen (secondary N) is 1. The number of carbonyl (C=O) groups excluding carboxylic acids is 1. The van der Waals surface area contributed by atoms with Gasteiger partial charge in [-0.05, 0) is 45.0 Å². The summed E-state index contributed by atoms with van der Waals surface area (Å²) < 4.78 is 5.05. The Balaban J connectivity index is 1.96. The van der Waals surface area contributed by atoms with E-state index >= 15 is 0 Å². The Morgan fingerprint density at radius 3 is 2.90 bits per heavy atom. The molecule has 0 heterocycles. The van der Waals surface area contributed by atoms with Crippen molar-refractivity contribution in [3.8, 4) is 0 Å². The maximum Gasteiger partial charge on any atom is 0.340 e. The van der Waals surface area contributed by atoms with E-state index in [1.165, 1.54) is 12.8 Å². The normalized spacial score (nSPS) is 14.3. The molecule has 0 unspecified atom stereocenters. The number of benzene rings is 1. The summed E-state index contributed by atoms with van der Waals surface area (Å²) in [5.74, 6) is -0.335. The second-order valence-electron chi connectivity index (χ2n) is 5.16. The van der Waals surface area contributed by atoms with E-state index in [2.05, 4.69) is 17.3 Å². The summed E-state index contributed by atoms with van der Waals surface area (Å²) >= 11 is 0.